The molecule has 0 saturated carbocycles. The minimum Gasteiger partial charge on any atom is -0.267 e. The average molecular weight is 171 g/mol. The van der Waals surface area contributed by atoms with E-state index in [1.165, 1.54) is 11.6 Å². The summed E-state index contributed by atoms with van der Waals surface area (Å²) in [6.07, 6.45) is 5.69. The lowest BCUT2D eigenvalue weighted by Gasteiger charge is -2.03. The van der Waals surface area contributed by atoms with Crippen LogP contribution in [0.3, 0.4) is 0 Å². The van der Waals surface area contributed by atoms with E-state index in [2.05, 4.69) is 4.99 Å². The van der Waals surface area contributed by atoms with Gasteiger partial charge in [-0.25, -0.2) is 4.99 Å². The number of amides is 1. The van der Waals surface area contributed by atoms with Gasteiger partial charge < -0.3 is 0 Å². The lowest BCUT2D eigenvalue weighted by Crippen LogP contribution is -1.97. The normalized spacial score (nSPS) is 14.9. The van der Waals surface area contributed by atoms with Crippen molar-refractivity contribution in [2.24, 2.45) is 4.99 Å². The molecule has 0 aliphatic carbocycles. The van der Waals surface area contributed by atoms with Gasteiger partial charge in [-0.2, -0.15) is 0 Å². The van der Waals surface area contributed by atoms with Crippen LogP contribution in [-0.2, 0) is 11.2 Å². The SMILES string of the molecule is O=C1C=Cc2ccccc2CC=N1. The number of hydrogen-bond acceptors (Lipinski definition) is 1. The van der Waals surface area contributed by atoms with E-state index < -0.39 is 0 Å². The molecule has 13 heavy (non-hydrogen) atoms. The Morgan fingerprint density at radius 1 is 1.15 bits per heavy atom. The molecule has 2 rings (SSSR count). The number of carbonyl (C=O) groups excluding carboxylic acids is 1. The molecule has 2 heteroatoms. The second kappa shape index (κ2) is 3.35. The molecule has 0 unspecified atom stereocenters. The highest BCUT2D eigenvalue weighted by atomic mass is 16.1. The van der Waals surface area contributed by atoms with Crippen molar-refractivity contribution in [3.05, 3.63) is 41.5 Å². The fourth-order valence-electron chi connectivity index (χ4n) is 1.32. The Kier molecular flexibility index (Phi) is 2.04. The lowest BCUT2D eigenvalue weighted by atomic mass is 10.0. The van der Waals surface area contributed by atoms with E-state index in [1.807, 2.05) is 30.3 Å². The first-order valence-electron chi connectivity index (χ1n) is 4.19. The van der Waals surface area contributed by atoms with Gasteiger partial charge in [-0.05, 0) is 17.2 Å². The zero-order chi connectivity index (χ0) is 9.10. The van der Waals surface area contributed by atoms with E-state index in [9.17, 15) is 4.79 Å². The number of rotatable bonds is 0. The van der Waals surface area contributed by atoms with E-state index in [0.717, 1.165) is 12.0 Å². The maximum Gasteiger partial charge on any atom is 0.269 e. The van der Waals surface area contributed by atoms with Gasteiger partial charge in [0.1, 0.15) is 0 Å². The van der Waals surface area contributed by atoms with Crippen LogP contribution in [0.2, 0.25) is 0 Å². The summed E-state index contributed by atoms with van der Waals surface area (Å²) in [5.74, 6) is -0.186. The first-order chi connectivity index (χ1) is 6.36. The Balaban J connectivity index is 2.47. The van der Waals surface area contributed by atoms with E-state index in [-0.39, 0.29) is 5.91 Å². The molecule has 1 amide bonds. The predicted octanol–water partition coefficient (Wildman–Crippen LogP) is 1.85. The van der Waals surface area contributed by atoms with Gasteiger partial charge in [0.05, 0.1) is 0 Å². The van der Waals surface area contributed by atoms with E-state index >= 15 is 0 Å². The van der Waals surface area contributed by atoms with Crippen LogP contribution in [0.5, 0.6) is 0 Å². The summed E-state index contributed by atoms with van der Waals surface area (Å²) in [4.78, 5) is 14.7. The van der Waals surface area contributed by atoms with E-state index in [1.54, 1.807) is 6.21 Å². The fourth-order valence-corrected chi connectivity index (χ4v) is 1.32. The molecule has 0 atom stereocenters. The Morgan fingerprint density at radius 3 is 2.92 bits per heavy atom. The molecule has 0 spiro atoms. The van der Waals surface area contributed by atoms with Crippen LogP contribution in [0.15, 0.2) is 35.3 Å². The Morgan fingerprint density at radius 2 is 2.00 bits per heavy atom. The van der Waals surface area contributed by atoms with Crippen molar-refractivity contribution in [3.8, 4) is 0 Å². The number of carbonyl (C=O) groups is 1. The van der Waals surface area contributed by atoms with Crippen molar-refractivity contribution in [1.29, 1.82) is 0 Å². The summed E-state index contributed by atoms with van der Waals surface area (Å²) >= 11 is 0. The highest BCUT2D eigenvalue weighted by Gasteiger charge is 2.00. The third-order valence-electron chi connectivity index (χ3n) is 1.99. The van der Waals surface area contributed by atoms with Crippen LogP contribution in [0, 0.1) is 0 Å². The number of nitrogens with zero attached hydrogens (tertiary/aromatic N) is 1. The topological polar surface area (TPSA) is 29.4 Å². The zero-order valence-electron chi connectivity index (χ0n) is 7.10. The summed E-state index contributed by atoms with van der Waals surface area (Å²) in [7, 11) is 0. The molecule has 0 bridgehead atoms. The molecule has 1 aromatic rings. The lowest BCUT2D eigenvalue weighted by molar-refractivity contribution is -0.113. The second-order valence-electron chi connectivity index (χ2n) is 2.89. The van der Waals surface area contributed by atoms with E-state index in [4.69, 9.17) is 0 Å². The quantitative estimate of drug-likeness (QED) is 0.585. The summed E-state index contributed by atoms with van der Waals surface area (Å²) < 4.78 is 0. The van der Waals surface area contributed by atoms with Crippen LogP contribution in [0.25, 0.3) is 6.08 Å². The number of aliphatic imine (C=N–C) groups is 1. The molecule has 64 valence electrons. The van der Waals surface area contributed by atoms with Crippen LogP contribution in [0.1, 0.15) is 11.1 Å². The molecular formula is C11H9NO. The summed E-state index contributed by atoms with van der Waals surface area (Å²) in [6.45, 7) is 0. The smallest absolute Gasteiger partial charge is 0.267 e. The van der Waals surface area contributed by atoms with Crippen molar-refractivity contribution < 1.29 is 4.79 Å². The second-order valence-corrected chi connectivity index (χ2v) is 2.89. The van der Waals surface area contributed by atoms with Crippen molar-refractivity contribution in [2.45, 2.75) is 6.42 Å². The van der Waals surface area contributed by atoms with Crippen molar-refractivity contribution in [1.82, 2.24) is 0 Å². The van der Waals surface area contributed by atoms with Crippen molar-refractivity contribution >= 4 is 18.2 Å². The highest BCUT2D eigenvalue weighted by Crippen LogP contribution is 2.12. The van der Waals surface area contributed by atoms with Crippen molar-refractivity contribution in [2.75, 3.05) is 0 Å². The van der Waals surface area contributed by atoms with Crippen molar-refractivity contribution in [3.63, 3.8) is 0 Å². The largest absolute Gasteiger partial charge is 0.269 e. The minimum atomic E-state index is -0.186. The first-order valence-corrected chi connectivity index (χ1v) is 4.19. The molecule has 1 aliphatic heterocycles. The molecule has 0 radical (unpaired) electrons. The van der Waals surface area contributed by atoms with Crippen LogP contribution < -0.4 is 0 Å². The van der Waals surface area contributed by atoms with Crippen LogP contribution in [0.4, 0.5) is 0 Å². The Hall–Kier alpha value is -1.70. The Labute approximate surface area is 76.6 Å². The predicted molar refractivity (Wildman–Crippen MR) is 52.7 cm³/mol. The third-order valence-corrected chi connectivity index (χ3v) is 1.99. The standard InChI is InChI=1S/C11H9NO/c13-11-6-5-9-3-1-2-4-10(9)7-8-12-11/h1-6,8H,7H2. The zero-order valence-corrected chi connectivity index (χ0v) is 7.10. The highest BCUT2D eigenvalue weighted by molar-refractivity contribution is 5.98. The third kappa shape index (κ3) is 1.72. The molecule has 0 fully saturated rings. The van der Waals surface area contributed by atoms with Gasteiger partial charge in [-0.1, -0.05) is 24.3 Å². The molecule has 0 aromatic heterocycles. The van der Waals surface area contributed by atoms with Gasteiger partial charge in [0.25, 0.3) is 5.91 Å². The van der Waals surface area contributed by atoms with Gasteiger partial charge in [0, 0.05) is 18.7 Å². The molecule has 2 nitrogen and oxygen atoms in total. The summed E-state index contributed by atoms with van der Waals surface area (Å²) in [5.41, 5.74) is 2.30. The van der Waals surface area contributed by atoms with Gasteiger partial charge in [0.15, 0.2) is 0 Å². The van der Waals surface area contributed by atoms with Gasteiger partial charge in [0.2, 0.25) is 0 Å². The maximum absolute atomic E-state index is 11.0. The number of benzene rings is 1. The molecular weight excluding hydrogens is 162 g/mol. The fraction of sp³-hybridized carbons (Fsp3) is 0.0909. The minimum absolute atomic E-state index is 0.186. The first kappa shape index (κ1) is 7.92. The molecule has 0 N–H and O–H groups in total. The van der Waals surface area contributed by atoms with Gasteiger partial charge in [-0.15, -0.1) is 0 Å². The monoisotopic (exact) mass is 171 g/mol. The average Bonchev–Trinajstić information content (AvgIpc) is 2.13. The van der Waals surface area contributed by atoms with E-state index in [0.29, 0.717) is 0 Å². The summed E-state index contributed by atoms with van der Waals surface area (Å²) in [5, 5.41) is 0. The Bertz CT molecular complexity index is 391. The van der Waals surface area contributed by atoms with Crippen LogP contribution >= 0.6 is 0 Å². The molecule has 1 aliphatic rings. The molecule has 1 aromatic carbocycles. The maximum atomic E-state index is 11.0. The number of fused-ring (bicyclic) bond motifs is 1. The number of hydrogen-bond donors (Lipinski definition) is 0. The molecule has 0 saturated heterocycles. The van der Waals surface area contributed by atoms with Crippen LogP contribution in [-0.4, -0.2) is 12.1 Å². The molecule has 1 heterocycles. The van der Waals surface area contributed by atoms with Gasteiger partial charge in [-0.3, -0.25) is 4.79 Å². The van der Waals surface area contributed by atoms with Gasteiger partial charge >= 0.3 is 0 Å². The summed E-state index contributed by atoms with van der Waals surface area (Å²) in [6, 6.07) is 8.00.